The Morgan fingerprint density at radius 1 is 1.00 bits per heavy atom. The fourth-order valence-electron chi connectivity index (χ4n) is 2.72. The third-order valence-electron chi connectivity index (χ3n) is 3.94. The van der Waals surface area contributed by atoms with Crippen LogP contribution in [0.1, 0.15) is 24.8 Å². The minimum atomic E-state index is -0.138. The summed E-state index contributed by atoms with van der Waals surface area (Å²) in [6, 6.07) is 6.93. The molecule has 1 aromatic rings. The van der Waals surface area contributed by atoms with E-state index in [9.17, 15) is 4.39 Å². The van der Waals surface area contributed by atoms with Crippen LogP contribution in [0.3, 0.4) is 0 Å². The van der Waals surface area contributed by atoms with Crippen molar-refractivity contribution in [3.8, 4) is 0 Å². The Morgan fingerprint density at radius 2 is 1.75 bits per heavy atom. The summed E-state index contributed by atoms with van der Waals surface area (Å²) < 4.78 is 13.1. The topological polar surface area (TPSA) is 32.5 Å². The highest BCUT2D eigenvalue weighted by Gasteiger charge is 2.16. The molecule has 1 fully saturated rings. The molecule has 1 heterocycles. The second-order valence-corrected chi connectivity index (χ2v) is 5.60. The maximum Gasteiger partial charge on any atom is 0.123 e. The van der Waals surface area contributed by atoms with Crippen molar-refractivity contribution < 1.29 is 4.39 Å². The maximum absolute atomic E-state index is 13.1. The Morgan fingerprint density at radius 3 is 2.45 bits per heavy atom. The summed E-state index contributed by atoms with van der Waals surface area (Å²) in [6.07, 6.45) is 3.63. The lowest BCUT2D eigenvalue weighted by molar-refractivity contribution is 0.125. The van der Waals surface area contributed by atoms with Gasteiger partial charge in [-0.05, 0) is 43.6 Å². The van der Waals surface area contributed by atoms with E-state index < -0.39 is 0 Å². The first-order valence-electron chi connectivity index (χ1n) is 7.67. The van der Waals surface area contributed by atoms with Gasteiger partial charge in [-0.3, -0.25) is 4.90 Å². The van der Waals surface area contributed by atoms with Crippen LogP contribution >= 0.6 is 0 Å². The van der Waals surface area contributed by atoms with Gasteiger partial charge in [-0.2, -0.15) is 0 Å². The Balaban J connectivity index is 1.66. The van der Waals surface area contributed by atoms with Gasteiger partial charge in [-0.1, -0.05) is 18.6 Å². The molecule has 2 rings (SSSR count). The zero-order chi connectivity index (χ0) is 14.2. The van der Waals surface area contributed by atoms with Crippen molar-refractivity contribution in [3.63, 3.8) is 0 Å². The molecule has 0 radical (unpaired) electrons. The van der Waals surface area contributed by atoms with E-state index in [1.807, 2.05) is 6.07 Å². The lowest BCUT2D eigenvalue weighted by Gasteiger charge is -2.34. The fourth-order valence-corrected chi connectivity index (χ4v) is 2.72. The number of rotatable bonds is 7. The van der Waals surface area contributed by atoms with Crippen LogP contribution in [0.2, 0.25) is 0 Å². The Bertz CT molecular complexity index is 389. The Kier molecular flexibility index (Phi) is 6.43. The van der Waals surface area contributed by atoms with Crippen molar-refractivity contribution in [2.75, 3.05) is 39.3 Å². The number of halogens is 1. The van der Waals surface area contributed by atoms with Crippen molar-refractivity contribution in [2.24, 2.45) is 5.73 Å². The molecule has 0 amide bonds. The maximum atomic E-state index is 13.1. The van der Waals surface area contributed by atoms with E-state index in [-0.39, 0.29) is 5.82 Å². The van der Waals surface area contributed by atoms with Gasteiger partial charge >= 0.3 is 0 Å². The molecule has 0 aliphatic carbocycles. The molecule has 0 aromatic heterocycles. The zero-order valence-corrected chi connectivity index (χ0v) is 12.2. The summed E-state index contributed by atoms with van der Waals surface area (Å²) in [5, 5.41) is 0. The lowest BCUT2D eigenvalue weighted by Crippen LogP contribution is -2.46. The van der Waals surface area contributed by atoms with Gasteiger partial charge in [0, 0.05) is 32.7 Å². The van der Waals surface area contributed by atoms with Gasteiger partial charge in [0.05, 0.1) is 0 Å². The van der Waals surface area contributed by atoms with Gasteiger partial charge < -0.3 is 10.6 Å². The van der Waals surface area contributed by atoms with Gasteiger partial charge in [0.1, 0.15) is 5.82 Å². The highest BCUT2D eigenvalue weighted by atomic mass is 19.1. The number of nitrogens with two attached hydrogens (primary N) is 1. The molecule has 20 heavy (non-hydrogen) atoms. The SMILES string of the molecule is NCCCCCN1CCN(Cc2cccc(F)c2)CC1. The van der Waals surface area contributed by atoms with Gasteiger partial charge in [0.25, 0.3) is 0 Å². The van der Waals surface area contributed by atoms with Gasteiger partial charge in [0.2, 0.25) is 0 Å². The van der Waals surface area contributed by atoms with Crippen LogP contribution in [0.15, 0.2) is 24.3 Å². The van der Waals surface area contributed by atoms with Crippen LogP contribution in [-0.4, -0.2) is 49.1 Å². The molecule has 0 unspecified atom stereocenters. The number of unbranched alkanes of at least 4 members (excludes halogenated alkanes) is 2. The molecule has 0 spiro atoms. The normalized spacial score (nSPS) is 17.5. The van der Waals surface area contributed by atoms with Crippen molar-refractivity contribution in [2.45, 2.75) is 25.8 Å². The summed E-state index contributed by atoms with van der Waals surface area (Å²) >= 11 is 0. The Labute approximate surface area is 121 Å². The predicted octanol–water partition coefficient (Wildman–Crippen LogP) is 2.07. The summed E-state index contributed by atoms with van der Waals surface area (Å²) in [5.74, 6) is -0.138. The highest BCUT2D eigenvalue weighted by molar-refractivity contribution is 5.16. The van der Waals surface area contributed by atoms with E-state index >= 15 is 0 Å². The van der Waals surface area contributed by atoms with Crippen molar-refractivity contribution in [1.29, 1.82) is 0 Å². The van der Waals surface area contributed by atoms with Crippen molar-refractivity contribution in [1.82, 2.24) is 9.80 Å². The third-order valence-corrected chi connectivity index (χ3v) is 3.94. The predicted molar refractivity (Wildman–Crippen MR) is 81.0 cm³/mol. The number of hydrogen-bond donors (Lipinski definition) is 1. The van der Waals surface area contributed by atoms with Crippen molar-refractivity contribution >= 4 is 0 Å². The summed E-state index contributed by atoms with van der Waals surface area (Å²) in [5.41, 5.74) is 6.57. The largest absolute Gasteiger partial charge is 0.330 e. The van der Waals surface area contributed by atoms with E-state index in [1.54, 1.807) is 12.1 Å². The smallest absolute Gasteiger partial charge is 0.123 e. The molecular formula is C16H26FN3. The first-order valence-corrected chi connectivity index (χ1v) is 7.67. The average Bonchev–Trinajstić information content (AvgIpc) is 2.45. The van der Waals surface area contributed by atoms with E-state index in [0.29, 0.717) is 0 Å². The average molecular weight is 279 g/mol. The van der Waals surface area contributed by atoms with Crippen LogP contribution < -0.4 is 5.73 Å². The highest BCUT2D eigenvalue weighted by Crippen LogP contribution is 2.10. The number of nitrogens with zero attached hydrogens (tertiary/aromatic N) is 2. The summed E-state index contributed by atoms with van der Waals surface area (Å²) in [7, 11) is 0. The van der Waals surface area contributed by atoms with Gasteiger partial charge in [0.15, 0.2) is 0 Å². The van der Waals surface area contributed by atoms with E-state index in [1.165, 1.54) is 25.5 Å². The summed E-state index contributed by atoms with van der Waals surface area (Å²) in [6.45, 7) is 7.25. The minimum Gasteiger partial charge on any atom is -0.330 e. The monoisotopic (exact) mass is 279 g/mol. The third kappa shape index (κ3) is 5.19. The molecule has 1 aromatic carbocycles. The molecule has 0 bridgehead atoms. The lowest BCUT2D eigenvalue weighted by atomic mass is 10.2. The van der Waals surface area contributed by atoms with Crippen LogP contribution in [-0.2, 0) is 6.54 Å². The number of hydrogen-bond acceptors (Lipinski definition) is 3. The number of benzene rings is 1. The molecule has 0 saturated carbocycles. The van der Waals surface area contributed by atoms with Crippen LogP contribution in [0.25, 0.3) is 0 Å². The zero-order valence-electron chi connectivity index (χ0n) is 12.2. The second-order valence-electron chi connectivity index (χ2n) is 5.60. The first-order chi connectivity index (χ1) is 9.78. The van der Waals surface area contributed by atoms with Crippen LogP contribution in [0.5, 0.6) is 0 Å². The van der Waals surface area contributed by atoms with Crippen molar-refractivity contribution in [3.05, 3.63) is 35.6 Å². The fraction of sp³-hybridized carbons (Fsp3) is 0.625. The van der Waals surface area contributed by atoms with E-state index in [0.717, 1.165) is 51.3 Å². The molecule has 0 atom stereocenters. The van der Waals surface area contributed by atoms with E-state index in [2.05, 4.69) is 9.80 Å². The Hall–Kier alpha value is -0.970. The molecule has 3 nitrogen and oxygen atoms in total. The van der Waals surface area contributed by atoms with Gasteiger partial charge in [-0.25, -0.2) is 4.39 Å². The quantitative estimate of drug-likeness (QED) is 0.776. The molecule has 4 heteroatoms. The second kappa shape index (κ2) is 8.35. The molecule has 1 aliphatic heterocycles. The minimum absolute atomic E-state index is 0.138. The molecule has 112 valence electrons. The van der Waals surface area contributed by atoms with Gasteiger partial charge in [-0.15, -0.1) is 0 Å². The van der Waals surface area contributed by atoms with Crippen LogP contribution in [0.4, 0.5) is 4.39 Å². The molecule has 1 saturated heterocycles. The molecule has 1 aliphatic rings. The van der Waals surface area contributed by atoms with Crippen LogP contribution in [0, 0.1) is 5.82 Å². The first kappa shape index (κ1) is 15.4. The molecular weight excluding hydrogens is 253 g/mol. The standard InChI is InChI=1S/C16H26FN3/c17-16-6-4-5-15(13-16)14-20-11-9-19(10-12-20)8-3-1-2-7-18/h4-6,13H,1-3,7-12,14,18H2. The number of piperazine rings is 1. The summed E-state index contributed by atoms with van der Waals surface area (Å²) in [4.78, 5) is 4.93. The van der Waals surface area contributed by atoms with E-state index in [4.69, 9.17) is 5.73 Å². The molecule has 2 N–H and O–H groups in total.